The van der Waals surface area contributed by atoms with Gasteiger partial charge in [-0.05, 0) is 61.2 Å². The second-order valence-corrected chi connectivity index (χ2v) is 8.25. The van der Waals surface area contributed by atoms with E-state index in [-0.39, 0.29) is 13.0 Å². The third kappa shape index (κ3) is 4.32. The Morgan fingerprint density at radius 3 is 2.44 bits per heavy atom. The van der Waals surface area contributed by atoms with Gasteiger partial charge in [-0.3, -0.25) is 14.5 Å². The summed E-state index contributed by atoms with van der Waals surface area (Å²) in [5.74, 6) is -0.920. The number of hydrogen-bond acceptors (Lipinski definition) is 4. The van der Waals surface area contributed by atoms with Gasteiger partial charge in [-0.2, -0.15) is 5.26 Å². The molecule has 7 nitrogen and oxygen atoms in total. The summed E-state index contributed by atoms with van der Waals surface area (Å²) in [4.78, 5) is 41.7. The lowest BCUT2D eigenvalue weighted by atomic mass is 9.87. The summed E-state index contributed by atoms with van der Waals surface area (Å²) in [6.07, 6.45) is 0.446. The number of carbonyl (C=O) groups is 3. The smallest absolute Gasteiger partial charge is 0.319 e. The Hall–Kier alpha value is -3.37. The largest absolute Gasteiger partial charge is 0.325 e. The molecule has 1 heterocycles. The molecule has 1 saturated heterocycles. The molecule has 3 rings (SSSR count). The molecule has 2 aromatic rings. The number of hydrogen-bond donors (Lipinski definition) is 1. The molecule has 0 saturated carbocycles. The van der Waals surface area contributed by atoms with E-state index < -0.39 is 29.9 Å². The van der Waals surface area contributed by atoms with Crippen LogP contribution in [-0.2, 0) is 15.1 Å². The van der Waals surface area contributed by atoms with E-state index in [9.17, 15) is 14.4 Å². The van der Waals surface area contributed by atoms with Gasteiger partial charge in [0.2, 0.25) is 5.91 Å². The summed E-state index contributed by atoms with van der Waals surface area (Å²) in [6.45, 7) is 5.45. The maximum atomic E-state index is 13.3. The average molecular weight is 453 g/mol. The molecule has 2 aromatic carbocycles. The van der Waals surface area contributed by atoms with Crippen molar-refractivity contribution in [2.45, 2.75) is 39.2 Å². The highest BCUT2D eigenvalue weighted by molar-refractivity contribution is 6.30. The fourth-order valence-corrected chi connectivity index (χ4v) is 3.94. The number of urea groups is 1. The summed E-state index contributed by atoms with van der Waals surface area (Å²) in [5.41, 5.74) is 2.05. The van der Waals surface area contributed by atoms with E-state index >= 15 is 0 Å². The van der Waals surface area contributed by atoms with E-state index in [4.69, 9.17) is 16.9 Å². The monoisotopic (exact) mass is 452 g/mol. The molecule has 32 heavy (non-hydrogen) atoms. The van der Waals surface area contributed by atoms with Gasteiger partial charge in [0.25, 0.3) is 5.91 Å². The van der Waals surface area contributed by atoms with E-state index in [1.54, 1.807) is 37.3 Å². The molecule has 1 atom stereocenters. The van der Waals surface area contributed by atoms with Gasteiger partial charge in [0.15, 0.2) is 0 Å². The molecule has 1 aliphatic heterocycles. The zero-order valence-corrected chi connectivity index (χ0v) is 19.1. The number of halogens is 1. The molecule has 0 aliphatic carbocycles. The van der Waals surface area contributed by atoms with Gasteiger partial charge in [0.1, 0.15) is 12.1 Å². The summed E-state index contributed by atoms with van der Waals surface area (Å²) < 4.78 is 0. The maximum absolute atomic E-state index is 13.3. The van der Waals surface area contributed by atoms with Gasteiger partial charge >= 0.3 is 6.03 Å². The molecular weight excluding hydrogens is 428 g/mol. The highest BCUT2D eigenvalue weighted by atomic mass is 35.5. The minimum Gasteiger partial charge on any atom is -0.319 e. The Balaban J connectivity index is 1.88. The fourth-order valence-electron chi connectivity index (χ4n) is 3.82. The van der Waals surface area contributed by atoms with Gasteiger partial charge in [0, 0.05) is 17.3 Å². The summed E-state index contributed by atoms with van der Waals surface area (Å²) in [6, 6.07) is 13.7. The van der Waals surface area contributed by atoms with E-state index in [1.165, 1.54) is 4.90 Å². The number of rotatable bonds is 7. The van der Waals surface area contributed by atoms with Gasteiger partial charge in [-0.1, -0.05) is 36.7 Å². The van der Waals surface area contributed by atoms with Gasteiger partial charge < -0.3 is 10.2 Å². The number of nitrogens with one attached hydrogen (secondary N) is 1. The summed E-state index contributed by atoms with van der Waals surface area (Å²) in [7, 11) is 0. The number of benzene rings is 2. The average Bonchev–Trinajstić information content (AvgIpc) is 3.02. The van der Waals surface area contributed by atoms with Crippen molar-refractivity contribution < 1.29 is 14.4 Å². The van der Waals surface area contributed by atoms with Crippen LogP contribution in [0.2, 0.25) is 5.02 Å². The number of carbonyl (C=O) groups excluding carboxylic acids is 3. The zero-order valence-electron chi connectivity index (χ0n) is 18.3. The van der Waals surface area contributed by atoms with Crippen molar-refractivity contribution in [1.82, 2.24) is 10.2 Å². The summed E-state index contributed by atoms with van der Waals surface area (Å²) >= 11 is 5.97. The highest BCUT2D eigenvalue weighted by Crippen LogP contribution is 2.33. The first-order chi connectivity index (χ1) is 15.2. The van der Waals surface area contributed by atoms with Crippen molar-refractivity contribution >= 4 is 35.1 Å². The second kappa shape index (κ2) is 9.41. The van der Waals surface area contributed by atoms with E-state index in [2.05, 4.69) is 5.32 Å². The number of nitrogens with zero attached hydrogens (tertiary/aromatic N) is 3. The van der Waals surface area contributed by atoms with Crippen molar-refractivity contribution in [1.29, 1.82) is 5.26 Å². The molecule has 0 aromatic heterocycles. The lowest BCUT2D eigenvalue weighted by Gasteiger charge is -2.27. The first-order valence-corrected chi connectivity index (χ1v) is 10.8. The Kier molecular flexibility index (Phi) is 6.85. The third-order valence-corrected chi connectivity index (χ3v) is 6.14. The van der Waals surface area contributed by atoms with Crippen LogP contribution in [0.3, 0.4) is 0 Å². The Morgan fingerprint density at radius 2 is 1.84 bits per heavy atom. The molecule has 166 valence electrons. The number of anilines is 1. The van der Waals surface area contributed by atoms with Crippen molar-refractivity contribution in [3.05, 3.63) is 64.2 Å². The van der Waals surface area contributed by atoms with Crippen molar-refractivity contribution in [3.63, 3.8) is 0 Å². The van der Waals surface area contributed by atoms with Gasteiger partial charge in [-0.25, -0.2) is 4.79 Å². The topological polar surface area (TPSA) is 93.5 Å². The number of imide groups is 1. The van der Waals surface area contributed by atoms with Crippen LogP contribution in [0.4, 0.5) is 10.5 Å². The molecular formula is C24H25ClN4O3. The quantitative estimate of drug-likeness (QED) is 0.641. The summed E-state index contributed by atoms with van der Waals surface area (Å²) in [5, 5.41) is 12.3. The van der Waals surface area contributed by atoms with E-state index in [0.29, 0.717) is 22.7 Å². The number of aryl methyl sites for hydroxylation is 2. The van der Waals surface area contributed by atoms with Crippen LogP contribution in [0.1, 0.15) is 36.5 Å². The first kappa shape index (κ1) is 23.3. The molecule has 1 fully saturated rings. The normalized spacial score (nSPS) is 17.8. The van der Waals surface area contributed by atoms with Crippen molar-refractivity contribution in [2.75, 3.05) is 18.0 Å². The number of amides is 4. The lowest BCUT2D eigenvalue weighted by molar-refractivity contribution is -0.134. The predicted molar refractivity (Wildman–Crippen MR) is 122 cm³/mol. The van der Waals surface area contributed by atoms with Crippen LogP contribution < -0.4 is 10.2 Å². The molecule has 1 aliphatic rings. The standard InChI is InChI=1S/C24H25ClN4O3/c1-4-24(18-7-9-19(25)10-8-18)22(31)29(23(32)27-24)15-21(30)28(13-5-12-26)20-11-6-16(2)17(3)14-20/h6-11,14H,4-5,13,15H2,1-3H3,(H,27,32). The fraction of sp³-hybridized carbons (Fsp3) is 0.333. The number of nitriles is 1. The van der Waals surface area contributed by atoms with Crippen LogP contribution in [0, 0.1) is 25.2 Å². The van der Waals surface area contributed by atoms with Crippen molar-refractivity contribution in [3.8, 4) is 6.07 Å². The Labute approximate surface area is 192 Å². The lowest BCUT2D eigenvalue weighted by Crippen LogP contribution is -2.46. The molecule has 4 amide bonds. The first-order valence-electron chi connectivity index (χ1n) is 10.4. The second-order valence-electron chi connectivity index (χ2n) is 7.81. The minimum atomic E-state index is -1.25. The van der Waals surface area contributed by atoms with E-state index in [1.807, 2.05) is 32.0 Å². The molecule has 1 unspecified atom stereocenters. The van der Waals surface area contributed by atoms with Gasteiger partial charge in [-0.15, -0.1) is 0 Å². The molecule has 0 spiro atoms. The predicted octanol–water partition coefficient (Wildman–Crippen LogP) is 4.06. The van der Waals surface area contributed by atoms with Crippen LogP contribution in [0.15, 0.2) is 42.5 Å². The van der Waals surface area contributed by atoms with E-state index in [0.717, 1.165) is 16.0 Å². The van der Waals surface area contributed by atoms with Crippen molar-refractivity contribution in [2.24, 2.45) is 0 Å². The van der Waals surface area contributed by atoms with Gasteiger partial charge in [0.05, 0.1) is 12.5 Å². The van der Waals surface area contributed by atoms with Crippen LogP contribution in [0.25, 0.3) is 0 Å². The third-order valence-electron chi connectivity index (χ3n) is 5.89. The minimum absolute atomic E-state index is 0.127. The SMILES string of the molecule is CCC1(c2ccc(Cl)cc2)NC(=O)N(CC(=O)N(CCC#N)c2ccc(C)c(C)c2)C1=O. The molecule has 1 N–H and O–H groups in total. The molecule has 0 bridgehead atoms. The highest BCUT2D eigenvalue weighted by Gasteiger charge is 2.51. The molecule has 0 radical (unpaired) electrons. The Bertz CT molecular complexity index is 1090. The maximum Gasteiger partial charge on any atom is 0.325 e. The van der Waals surface area contributed by atoms with Crippen LogP contribution >= 0.6 is 11.6 Å². The van der Waals surface area contributed by atoms with Crippen LogP contribution in [0.5, 0.6) is 0 Å². The van der Waals surface area contributed by atoms with Crippen LogP contribution in [-0.4, -0.2) is 35.8 Å². The molecule has 8 heteroatoms. The zero-order chi connectivity index (χ0) is 23.5. The Morgan fingerprint density at radius 1 is 1.16 bits per heavy atom.